The molecule has 1 N–H and O–H groups in total. The number of phenols is 1. The van der Waals surface area contributed by atoms with Crippen LogP contribution in [0.4, 0.5) is 0 Å². The van der Waals surface area contributed by atoms with E-state index in [1.54, 1.807) is 12.1 Å². The third kappa shape index (κ3) is 8.12. The number of phenolic OH excluding ortho intramolecular Hbond substituents is 1. The predicted octanol–water partition coefficient (Wildman–Crippen LogP) is 16.8. The summed E-state index contributed by atoms with van der Waals surface area (Å²) in [5, 5.41) is 11.9. The summed E-state index contributed by atoms with van der Waals surface area (Å²) in [4.78, 5) is 0. The Balaban J connectivity index is 1.13. The summed E-state index contributed by atoms with van der Waals surface area (Å²) in [6, 6.07) is 82.9. The first-order valence-electron chi connectivity index (χ1n) is 21.3. The first-order valence-corrected chi connectivity index (χ1v) is 21.3. The zero-order valence-electron chi connectivity index (χ0n) is 34.8. The van der Waals surface area contributed by atoms with E-state index in [9.17, 15) is 5.11 Å². The Morgan fingerprint density at radius 1 is 0.203 bits per heavy atom. The van der Waals surface area contributed by atoms with Gasteiger partial charge in [-0.05, 0) is 80.4 Å². The lowest BCUT2D eigenvalue weighted by Crippen LogP contribution is -1.98. The van der Waals surface area contributed by atoms with Gasteiger partial charge in [0.15, 0.2) is 11.5 Å². The molecule has 0 aliphatic rings. The van der Waals surface area contributed by atoms with Crippen molar-refractivity contribution in [3.8, 4) is 107 Å². The molecule has 0 bridgehead atoms. The fourth-order valence-electron chi connectivity index (χ4n) is 8.24. The summed E-state index contributed by atoms with van der Waals surface area (Å²) < 4.78 is 21.1. The highest BCUT2D eigenvalue weighted by molar-refractivity contribution is 5.89. The van der Waals surface area contributed by atoms with E-state index in [-0.39, 0.29) is 17.2 Å². The van der Waals surface area contributed by atoms with E-state index in [0.29, 0.717) is 23.0 Å². The second-order valence-corrected chi connectivity index (χ2v) is 15.3. The minimum Gasteiger partial charge on any atom is -0.504 e. The second-order valence-electron chi connectivity index (χ2n) is 15.3. The molecule has 306 valence electrons. The first-order chi connectivity index (χ1) is 31.7. The molecule has 0 heterocycles. The number of ether oxygens (including phenoxy) is 3. The van der Waals surface area contributed by atoms with E-state index in [4.69, 9.17) is 14.2 Å². The molecule has 0 saturated carbocycles. The van der Waals surface area contributed by atoms with Crippen molar-refractivity contribution in [2.24, 2.45) is 0 Å². The quantitative estimate of drug-likeness (QED) is 0.133. The van der Waals surface area contributed by atoms with Gasteiger partial charge in [-0.3, -0.25) is 0 Å². The maximum Gasteiger partial charge on any atom is 0.216 e. The topological polar surface area (TPSA) is 47.9 Å². The van der Waals surface area contributed by atoms with Crippen molar-refractivity contribution in [2.75, 3.05) is 0 Å². The van der Waals surface area contributed by atoms with E-state index >= 15 is 0 Å². The minimum atomic E-state index is -0.113. The second kappa shape index (κ2) is 18.2. The summed E-state index contributed by atoms with van der Waals surface area (Å²) in [6.45, 7) is 0. The highest BCUT2D eigenvalue weighted by atomic mass is 16.5. The van der Waals surface area contributed by atoms with Crippen molar-refractivity contribution in [3.05, 3.63) is 249 Å². The van der Waals surface area contributed by atoms with Gasteiger partial charge in [0.25, 0.3) is 0 Å². The lowest BCUT2D eigenvalue weighted by Gasteiger charge is -2.22. The van der Waals surface area contributed by atoms with Crippen molar-refractivity contribution >= 4 is 0 Å². The largest absolute Gasteiger partial charge is 0.504 e. The maximum atomic E-state index is 11.9. The normalized spacial score (nSPS) is 10.9. The lowest BCUT2D eigenvalue weighted by atomic mass is 9.94. The number of aromatic hydroxyl groups is 1. The van der Waals surface area contributed by atoms with Gasteiger partial charge < -0.3 is 19.3 Å². The molecule has 0 spiro atoms. The molecule has 0 saturated heterocycles. The van der Waals surface area contributed by atoms with Crippen molar-refractivity contribution in [1.82, 2.24) is 0 Å². The zero-order chi connectivity index (χ0) is 43.1. The monoisotopic (exact) mass is 826 g/mol. The van der Waals surface area contributed by atoms with E-state index in [1.165, 1.54) is 0 Å². The third-order valence-electron chi connectivity index (χ3n) is 11.3. The van der Waals surface area contributed by atoms with Gasteiger partial charge in [-0.1, -0.05) is 218 Å². The van der Waals surface area contributed by atoms with Gasteiger partial charge in [-0.25, -0.2) is 0 Å². The molecule has 4 heteroatoms. The number of hydrogen-bond acceptors (Lipinski definition) is 4. The molecule has 0 amide bonds. The number of benzene rings is 10. The van der Waals surface area contributed by atoms with E-state index < -0.39 is 0 Å². The third-order valence-corrected chi connectivity index (χ3v) is 11.3. The van der Waals surface area contributed by atoms with Crippen molar-refractivity contribution in [2.45, 2.75) is 0 Å². The maximum absolute atomic E-state index is 11.9. The predicted molar refractivity (Wildman–Crippen MR) is 260 cm³/mol. The Labute approximate surface area is 373 Å². The van der Waals surface area contributed by atoms with Crippen molar-refractivity contribution in [3.63, 3.8) is 0 Å². The minimum absolute atomic E-state index is 0.107. The molecule has 10 rings (SSSR count). The van der Waals surface area contributed by atoms with Gasteiger partial charge in [0, 0.05) is 16.7 Å². The standard InChI is InChI=1S/C60H42O4/c61-54-40-41-58(62-55-37-19-16-34-51(55)48-31-13-10-28-45(48)42-22-4-1-5-23-42)60(64-57-39-21-18-36-53(57)50-33-15-12-30-47(50)44-26-8-3-9-27-44)59(54)63-56-38-20-17-35-52(56)49-32-14-11-29-46(49)43-24-6-2-7-25-43/h1-41,61H. The molecule has 0 aliphatic carbocycles. The lowest BCUT2D eigenvalue weighted by molar-refractivity contribution is 0.364. The molecule has 4 nitrogen and oxygen atoms in total. The Kier molecular flexibility index (Phi) is 11.2. The summed E-state index contributed by atoms with van der Waals surface area (Å²) in [6.07, 6.45) is 0. The number of rotatable bonds is 12. The van der Waals surface area contributed by atoms with Crippen molar-refractivity contribution in [1.29, 1.82) is 0 Å². The Morgan fingerprint density at radius 3 is 0.859 bits per heavy atom. The molecule has 0 radical (unpaired) electrons. The van der Waals surface area contributed by atoms with Crippen LogP contribution < -0.4 is 14.2 Å². The molecule has 64 heavy (non-hydrogen) atoms. The van der Waals surface area contributed by atoms with Crippen LogP contribution in [0.15, 0.2) is 249 Å². The molecule has 0 aliphatic heterocycles. The van der Waals surface area contributed by atoms with Crippen molar-refractivity contribution < 1.29 is 19.3 Å². The van der Waals surface area contributed by atoms with Gasteiger partial charge in [-0.15, -0.1) is 0 Å². The fraction of sp³-hybridized carbons (Fsp3) is 0. The summed E-state index contributed by atoms with van der Waals surface area (Å²) in [5.74, 6) is 2.24. The summed E-state index contributed by atoms with van der Waals surface area (Å²) in [5.41, 5.74) is 12.0. The Hall–Kier alpha value is -8.60. The van der Waals surface area contributed by atoms with Gasteiger partial charge in [0.1, 0.15) is 17.2 Å². The van der Waals surface area contributed by atoms with Crippen LogP contribution in [0.2, 0.25) is 0 Å². The molecule has 0 atom stereocenters. The smallest absolute Gasteiger partial charge is 0.216 e. The molecule has 0 aromatic heterocycles. The zero-order valence-corrected chi connectivity index (χ0v) is 34.8. The number of hydrogen-bond donors (Lipinski definition) is 1. The molecular formula is C60H42O4. The molecule has 10 aromatic carbocycles. The Morgan fingerprint density at radius 2 is 0.484 bits per heavy atom. The first kappa shape index (κ1) is 39.5. The van der Waals surface area contributed by atoms with Crippen LogP contribution in [0.1, 0.15) is 0 Å². The highest BCUT2D eigenvalue weighted by Gasteiger charge is 2.25. The van der Waals surface area contributed by atoms with Gasteiger partial charge in [0.05, 0.1) is 0 Å². The van der Waals surface area contributed by atoms with Crippen LogP contribution in [0, 0.1) is 0 Å². The van der Waals surface area contributed by atoms with Crippen LogP contribution in [0.25, 0.3) is 66.8 Å². The average Bonchev–Trinajstić information content (AvgIpc) is 3.37. The molecule has 0 unspecified atom stereocenters. The fourth-order valence-corrected chi connectivity index (χ4v) is 8.24. The SMILES string of the molecule is Oc1ccc(Oc2ccccc2-c2ccccc2-c2ccccc2)c(Oc2ccccc2-c2ccccc2-c2ccccc2)c1Oc1ccccc1-c1ccccc1-c1ccccc1. The molecule has 0 fully saturated rings. The van der Waals surface area contributed by atoms with Gasteiger partial charge in [-0.2, -0.15) is 0 Å². The number of para-hydroxylation sites is 3. The molecule has 10 aromatic rings. The van der Waals surface area contributed by atoms with E-state index in [1.807, 2.05) is 158 Å². The summed E-state index contributed by atoms with van der Waals surface area (Å²) >= 11 is 0. The molecular weight excluding hydrogens is 785 g/mol. The Bertz CT molecular complexity index is 3200. The van der Waals surface area contributed by atoms with Gasteiger partial charge in [0.2, 0.25) is 11.5 Å². The van der Waals surface area contributed by atoms with Gasteiger partial charge >= 0.3 is 0 Å². The van der Waals surface area contributed by atoms with Crippen LogP contribution >= 0.6 is 0 Å². The van der Waals surface area contributed by atoms with E-state index in [2.05, 4.69) is 78.9 Å². The van der Waals surface area contributed by atoms with Crippen LogP contribution in [-0.4, -0.2) is 5.11 Å². The van der Waals surface area contributed by atoms with E-state index in [0.717, 1.165) is 66.8 Å². The van der Waals surface area contributed by atoms with Crippen LogP contribution in [0.3, 0.4) is 0 Å². The van der Waals surface area contributed by atoms with Crippen LogP contribution in [0.5, 0.6) is 40.2 Å². The van der Waals surface area contributed by atoms with Crippen LogP contribution in [-0.2, 0) is 0 Å². The summed E-state index contributed by atoms with van der Waals surface area (Å²) in [7, 11) is 0. The highest BCUT2D eigenvalue weighted by Crippen LogP contribution is 2.53. The average molecular weight is 827 g/mol.